The molecule has 3 heteroatoms. The van der Waals surface area contributed by atoms with Crippen molar-refractivity contribution in [3.63, 3.8) is 0 Å². The second-order valence-electron chi connectivity index (χ2n) is 8.21. The number of furan rings is 1. The van der Waals surface area contributed by atoms with Gasteiger partial charge in [-0.1, -0.05) is 12.1 Å². The van der Waals surface area contributed by atoms with Gasteiger partial charge in [-0.05, 0) is 80.5 Å². The van der Waals surface area contributed by atoms with Crippen LogP contribution in [0.25, 0.3) is 11.3 Å². The van der Waals surface area contributed by atoms with Crippen LogP contribution in [-0.4, -0.2) is 5.91 Å². The van der Waals surface area contributed by atoms with Crippen molar-refractivity contribution in [2.75, 3.05) is 5.32 Å². The van der Waals surface area contributed by atoms with E-state index in [1.54, 1.807) is 6.26 Å². The minimum Gasteiger partial charge on any atom is -0.464 e. The molecule has 2 aromatic rings. The van der Waals surface area contributed by atoms with Crippen LogP contribution in [0.5, 0.6) is 0 Å². The first kappa shape index (κ1) is 14.3. The average molecular weight is 321 g/mol. The Morgan fingerprint density at radius 3 is 2.33 bits per heavy atom. The maximum atomic E-state index is 13.1. The number of hydrogen-bond acceptors (Lipinski definition) is 2. The number of benzene rings is 1. The van der Waals surface area contributed by atoms with E-state index in [9.17, 15) is 4.79 Å². The smallest absolute Gasteiger partial charge is 0.230 e. The highest BCUT2D eigenvalue weighted by Gasteiger charge is 2.54. The SMILES string of the molecule is O=C(Nc1cccc(-c2ccco2)c1)C12CC3CC(CC(C3)C1)C2. The lowest BCUT2D eigenvalue weighted by molar-refractivity contribution is -0.140. The maximum Gasteiger partial charge on any atom is 0.230 e. The van der Waals surface area contributed by atoms with Gasteiger partial charge in [0, 0.05) is 11.3 Å². The summed E-state index contributed by atoms with van der Waals surface area (Å²) in [6.45, 7) is 0. The molecule has 1 aromatic heterocycles. The predicted octanol–water partition coefficient (Wildman–Crippen LogP) is 5.10. The van der Waals surface area contributed by atoms with Gasteiger partial charge in [-0.3, -0.25) is 4.79 Å². The molecule has 124 valence electrons. The summed E-state index contributed by atoms with van der Waals surface area (Å²) in [6, 6.07) is 11.8. The molecule has 4 fully saturated rings. The minimum atomic E-state index is -0.102. The van der Waals surface area contributed by atoms with Crippen LogP contribution in [0.2, 0.25) is 0 Å². The Hall–Kier alpha value is -2.03. The first-order valence-electron chi connectivity index (χ1n) is 9.16. The fourth-order valence-corrected chi connectivity index (χ4v) is 5.85. The Balaban J connectivity index is 1.38. The van der Waals surface area contributed by atoms with Crippen LogP contribution in [0.4, 0.5) is 5.69 Å². The highest BCUT2D eigenvalue weighted by atomic mass is 16.3. The standard InChI is InChI=1S/C21H23NO2/c23-20(21-11-14-7-15(12-21)9-16(8-14)13-21)22-18-4-1-3-17(10-18)19-5-2-6-24-19/h1-6,10,14-16H,7-9,11-13H2,(H,22,23). The lowest BCUT2D eigenvalue weighted by Crippen LogP contribution is -2.51. The highest BCUT2D eigenvalue weighted by Crippen LogP contribution is 2.60. The van der Waals surface area contributed by atoms with E-state index < -0.39 is 0 Å². The van der Waals surface area contributed by atoms with Gasteiger partial charge in [0.05, 0.1) is 11.7 Å². The third-order valence-corrected chi connectivity index (χ3v) is 6.45. The summed E-state index contributed by atoms with van der Waals surface area (Å²) in [5, 5.41) is 3.22. The number of hydrogen-bond donors (Lipinski definition) is 1. The normalized spacial score (nSPS) is 33.6. The zero-order valence-electron chi connectivity index (χ0n) is 13.8. The Kier molecular flexibility index (Phi) is 3.12. The predicted molar refractivity (Wildman–Crippen MR) is 93.4 cm³/mol. The van der Waals surface area contributed by atoms with Crippen molar-refractivity contribution in [2.45, 2.75) is 38.5 Å². The second kappa shape index (κ2) is 5.23. The van der Waals surface area contributed by atoms with E-state index in [1.807, 2.05) is 36.4 Å². The monoisotopic (exact) mass is 321 g/mol. The van der Waals surface area contributed by atoms with Crippen molar-refractivity contribution in [2.24, 2.45) is 23.2 Å². The number of anilines is 1. The Labute approximate surface area is 142 Å². The molecule has 3 nitrogen and oxygen atoms in total. The van der Waals surface area contributed by atoms with Gasteiger partial charge in [0.2, 0.25) is 5.91 Å². The van der Waals surface area contributed by atoms with Crippen LogP contribution in [0.1, 0.15) is 38.5 Å². The van der Waals surface area contributed by atoms with Gasteiger partial charge < -0.3 is 9.73 Å². The molecule has 6 rings (SSSR count). The van der Waals surface area contributed by atoms with E-state index in [-0.39, 0.29) is 11.3 Å². The van der Waals surface area contributed by atoms with Gasteiger partial charge in [0.15, 0.2) is 0 Å². The first-order valence-corrected chi connectivity index (χ1v) is 9.16. The van der Waals surface area contributed by atoms with E-state index in [2.05, 4.69) is 5.32 Å². The molecule has 1 N–H and O–H groups in total. The Morgan fingerprint density at radius 2 is 1.71 bits per heavy atom. The van der Waals surface area contributed by atoms with Gasteiger partial charge in [-0.25, -0.2) is 0 Å². The lowest BCUT2D eigenvalue weighted by Gasteiger charge is -2.55. The molecule has 0 radical (unpaired) electrons. The van der Waals surface area contributed by atoms with Crippen molar-refractivity contribution in [1.29, 1.82) is 0 Å². The average Bonchev–Trinajstić information content (AvgIpc) is 3.08. The molecule has 1 amide bonds. The summed E-state index contributed by atoms with van der Waals surface area (Å²) >= 11 is 0. The van der Waals surface area contributed by atoms with Crippen LogP contribution in [0.3, 0.4) is 0 Å². The number of amides is 1. The minimum absolute atomic E-state index is 0.102. The fraction of sp³-hybridized carbons (Fsp3) is 0.476. The molecule has 0 atom stereocenters. The van der Waals surface area contributed by atoms with Gasteiger partial charge in [-0.15, -0.1) is 0 Å². The molecule has 4 aliphatic rings. The Bertz CT molecular complexity index is 727. The van der Waals surface area contributed by atoms with Crippen molar-refractivity contribution in [3.05, 3.63) is 42.7 Å². The quantitative estimate of drug-likeness (QED) is 0.854. The molecule has 4 aliphatic carbocycles. The summed E-state index contributed by atoms with van der Waals surface area (Å²) in [5.74, 6) is 3.45. The summed E-state index contributed by atoms with van der Waals surface area (Å²) in [7, 11) is 0. The van der Waals surface area contributed by atoms with E-state index in [4.69, 9.17) is 4.42 Å². The molecule has 24 heavy (non-hydrogen) atoms. The summed E-state index contributed by atoms with van der Waals surface area (Å²) in [5.41, 5.74) is 1.78. The number of nitrogens with one attached hydrogen (secondary N) is 1. The molecule has 4 bridgehead atoms. The largest absolute Gasteiger partial charge is 0.464 e. The van der Waals surface area contributed by atoms with E-state index in [1.165, 1.54) is 19.3 Å². The van der Waals surface area contributed by atoms with Crippen LogP contribution in [-0.2, 0) is 4.79 Å². The molecule has 1 aromatic carbocycles. The number of carbonyl (C=O) groups excluding carboxylic acids is 1. The fourth-order valence-electron chi connectivity index (χ4n) is 5.85. The van der Waals surface area contributed by atoms with Crippen molar-refractivity contribution in [3.8, 4) is 11.3 Å². The molecule has 4 saturated carbocycles. The van der Waals surface area contributed by atoms with E-state index in [0.717, 1.165) is 54.0 Å². The molecule has 0 unspecified atom stereocenters. The van der Waals surface area contributed by atoms with Crippen molar-refractivity contribution in [1.82, 2.24) is 0 Å². The van der Waals surface area contributed by atoms with Crippen molar-refractivity contribution < 1.29 is 9.21 Å². The molecular formula is C21H23NO2. The lowest BCUT2D eigenvalue weighted by atomic mass is 9.49. The van der Waals surface area contributed by atoms with Crippen LogP contribution >= 0.6 is 0 Å². The summed E-state index contributed by atoms with van der Waals surface area (Å²) in [6.07, 6.45) is 9.06. The third kappa shape index (κ3) is 2.29. The van der Waals surface area contributed by atoms with Crippen molar-refractivity contribution >= 4 is 11.6 Å². The zero-order chi connectivity index (χ0) is 16.1. The Morgan fingerprint density at radius 1 is 1.00 bits per heavy atom. The van der Waals surface area contributed by atoms with Crippen LogP contribution < -0.4 is 5.32 Å². The zero-order valence-corrected chi connectivity index (χ0v) is 13.8. The van der Waals surface area contributed by atoms with E-state index >= 15 is 0 Å². The second-order valence-corrected chi connectivity index (χ2v) is 8.21. The van der Waals surface area contributed by atoms with Gasteiger partial charge >= 0.3 is 0 Å². The number of carbonyl (C=O) groups is 1. The van der Waals surface area contributed by atoms with E-state index in [0.29, 0.717) is 0 Å². The molecule has 1 heterocycles. The van der Waals surface area contributed by atoms with Crippen LogP contribution in [0.15, 0.2) is 47.1 Å². The van der Waals surface area contributed by atoms with Gasteiger partial charge in [0.1, 0.15) is 5.76 Å². The van der Waals surface area contributed by atoms with Gasteiger partial charge in [-0.2, -0.15) is 0 Å². The first-order chi connectivity index (χ1) is 11.7. The maximum absolute atomic E-state index is 13.1. The highest BCUT2D eigenvalue weighted by molar-refractivity contribution is 5.96. The number of rotatable bonds is 3. The summed E-state index contributed by atoms with van der Waals surface area (Å²) in [4.78, 5) is 13.1. The molecule has 0 spiro atoms. The topological polar surface area (TPSA) is 42.2 Å². The van der Waals surface area contributed by atoms with Gasteiger partial charge in [0.25, 0.3) is 0 Å². The summed E-state index contributed by atoms with van der Waals surface area (Å²) < 4.78 is 5.47. The van der Waals surface area contributed by atoms with Crippen LogP contribution in [0, 0.1) is 23.2 Å². The molecule has 0 saturated heterocycles. The molecule has 0 aliphatic heterocycles. The third-order valence-electron chi connectivity index (χ3n) is 6.45. The molecular weight excluding hydrogens is 298 g/mol.